The highest BCUT2D eigenvalue weighted by Crippen LogP contribution is 2.07. The van der Waals surface area contributed by atoms with E-state index in [9.17, 15) is 13.6 Å². The Morgan fingerprint density at radius 1 is 1.29 bits per heavy atom. The molecule has 5 heteroatoms. The molecule has 0 bridgehead atoms. The molecule has 0 aliphatic heterocycles. The lowest BCUT2D eigenvalue weighted by Crippen LogP contribution is -2.26. The van der Waals surface area contributed by atoms with Crippen LogP contribution in [0.5, 0.6) is 0 Å². The van der Waals surface area contributed by atoms with Crippen molar-refractivity contribution in [2.45, 2.75) is 0 Å². The van der Waals surface area contributed by atoms with Gasteiger partial charge < -0.3 is 10.4 Å². The van der Waals surface area contributed by atoms with Crippen molar-refractivity contribution in [3.8, 4) is 0 Å². The van der Waals surface area contributed by atoms with Crippen molar-refractivity contribution in [2.24, 2.45) is 0 Å². The first-order chi connectivity index (χ1) is 6.63. The van der Waals surface area contributed by atoms with Gasteiger partial charge in [-0.1, -0.05) is 0 Å². The van der Waals surface area contributed by atoms with Crippen molar-refractivity contribution in [3.63, 3.8) is 0 Å². The van der Waals surface area contributed by atoms with Crippen LogP contribution in [0.25, 0.3) is 0 Å². The molecule has 0 radical (unpaired) electrons. The Labute approximate surface area is 79.4 Å². The van der Waals surface area contributed by atoms with E-state index in [0.29, 0.717) is 6.07 Å². The summed E-state index contributed by atoms with van der Waals surface area (Å²) in [5.74, 6) is -2.23. The third-order valence-corrected chi connectivity index (χ3v) is 1.52. The summed E-state index contributed by atoms with van der Waals surface area (Å²) in [6.45, 7) is -0.166. The number of carbonyl (C=O) groups is 1. The van der Waals surface area contributed by atoms with Crippen LogP contribution in [0, 0.1) is 11.6 Å². The predicted octanol–water partition coefficient (Wildman–Crippen LogP) is 0.687. The Balaban J connectivity index is 2.79. The second-order valence-corrected chi connectivity index (χ2v) is 2.64. The lowest BCUT2D eigenvalue weighted by atomic mass is 10.2. The molecule has 0 unspecified atom stereocenters. The predicted molar refractivity (Wildman–Crippen MR) is 45.8 cm³/mol. The molecule has 1 aromatic carbocycles. The van der Waals surface area contributed by atoms with Crippen LogP contribution < -0.4 is 5.32 Å². The van der Waals surface area contributed by atoms with Crippen LogP contribution in [0.15, 0.2) is 18.2 Å². The van der Waals surface area contributed by atoms with E-state index in [2.05, 4.69) is 5.32 Å². The van der Waals surface area contributed by atoms with Crippen molar-refractivity contribution < 1.29 is 18.7 Å². The Hall–Kier alpha value is -1.49. The number of hydrogen-bond donors (Lipinski definition) is 2. The van der Waals surface area contributed by atoms with Crippen LogP contribution in [0.1, 0.15) is 10.4 Å². The number of rotatable bonds is 3. The SMILES string of the molecule is O=C(NCCO)c1cc(F)cc(F)c1. The molecule has 0 saturated carbocycles. The lowest BCUT2D eigenvalue weighted by molar-refractivity contribution is 0.0944. The molecular formula is C9H9F2NO2. The van der Waals surface area contributed by atoms with E-state index >= 15 is 0 Å². The molecule has 0 aromatic heterocycles. The molecule has 3 nitrogen and oxygen atoms in total. The van der Waals surface area contributed by atoms with E-state index in [1.54, 1.807) is 0 Å². The van der Waals surface area contributed by atoms with Gasteiger partial charge in [0.05, 0.1) is 6.61 Å². The highest BCUT2D eigenvalue weighted by molar-refractivity contribution is 5.94. The molecule has 0 heterocycles. The van der Waals surface area contributed by atoms with E-state index in [1.165, 1.54) is 0 Å². The standard InChI is InChI=1S/C9H9F2NO2/c10-7-3-6(4-8(11)5-7)9(14)12-1-2-13/h3-5,13H,1-2H2,(H,12,14). The van der Waals surface area contributed by atoms with Gasteiger partial charge in [0.2, 0.25) is 0 Å². The highest BCUT2D eigenvalue weighted by Gasteiger charge is 2.07. The average Bonchev–Trinajstić information content (AvgIpc) is 2.12. The van der Waals surface area contributed by atoms with Gasteiger partial charge in [0, 0.05) is 18.2 Å². The summed E-state index contributed by atoms with van der Waals surface area (Å²) < 4.78 is 25.3. The Kier molecular flexibility index (Phi) is 3.53. The molecule has 1 amide bonds. The smallest absolute Gasteiger partial charge is 0.251 e. The Morgan fingerprint density at radius 2 is 1.86 bits per heavy atom. The zero-order chi connectivity index (χ0) is 10.6. The summed E-state index contributed by atoms with van der Waals surface area (Å²) in [4.78, 5) is 11.2. The third-order valence-electron chi connectivity index (χ3n) is 1.52. The summed E-state index contributed by atoms with van der Waals surface area (Å²) >= 11 is 0. The number of halogens is 2. The number of nitrogens with one attached hydrogen (secondary N) is 1. The number of hydrogen-bond acceptors (Lipinski definition) is 2. The van der Waals surface area contributed by atoms with Crippen LogP contribution in [0.4, 0.5) is 8.78 Å². The first kappa shape index (κ1) is 10.6. The van der Waals surface area contributed by atoms with Crippen LogP contribution >= 0.6 is 0 Å². The molecule has 0 spiro atoms. The van der Waals surface area contributed by atoms with Crippen molar-refractivity contribution in [1.82, 2.24) is 5.32 Å². The number of amides is 1. The largest absolute Gasteiger partial charge is 0.395 e. The van der Waals surface area contributed by atoms with Crippen LogP contribution in [-0.4, -0.2) is 24.2 Å². The van der Waals surface area contributed by atoms with Gasteiger partial charge in [-0.2, -0.15) is 0 Å². The van der Waals surface area contributed by atoms with Gasteiger partial charge >= 0.3 is 0 Å². The molecule has 1 rings (SSSR count). The summed E-state index contributed by atoms with van der Waals surface area (Å²) in [5.41, 5.74) is -0.101. The zero-order valence-corrected chi connectivity index (χ0v) is 7.26. The van der Waals surface area contributed by atoms with Gasteiger partial charge in [-0.15, -0.1) is 0 Å². The van der Waals surface area contributed by atoms with Gasteiger partial charge in [0.25, 0.3) is 5.91 Å². The first-order valence-corrected chi connectivity index (χ1v) is 3.98. The monoisotopic (exact) mass is 201 g/mol. The molecule has 0 fully saturated rings. The normalized spacial score (nSPS) is 9.93. The summed E-state index contributed by atoms with van der Waals surface area (Å²) in [6.07, 6.45) is 0. The minimum atomic E-state index is -0.806. The molecule has 0 atom stereocenters. The topological polar surface area (TPSA) is 49.3 Å². The maximum atomic E-state index is 12.6. The lowest BCUT2D eigenvalue weighted by Gasteiger charge is -2.03. The quantitative estimate of drug-likeness (QED) is 0.755. The van der Waals surface area contributed by atoms with Crippen LogP contribution in [0.2, 0.25) is 0 Å². The summed E-state index contributed by atoms with van der Waals surface area (Å²) in [7, 11) is 0. The second-order valence-electron chi connectivity index (χ2n) is 2.64. The second kappa shape index (κ2) is 4.66. The fraction of sp³-hybridized carbons (Fsp3) is 0.222. The molecule has 1 aromatic rings. The van der Waals surface area contributed by atoms with Gasteiger partial charge in [-0.25, -0.2) is 8.78 Å². The number of carbonyl (C=O) groups excluding carboxylic acids is 1. The molecule has 0 aliphatic carbocycles. The Bertz CT molecular complexity index is 321. The fourth-order valence-electron chi connectivity index (χ4n) is 0.956. The Morgan fingerprint density at radius 3 is 2.36 bits per heavy atom. The van der Waals surface area contributed by atoms with Crippen molar-refractivity contribution in [2.75, 3.05) is 13.2 Å². The maximum absolute atomic E-state index is 12.6. The average molecular weight is 201 g/mol. The molecule has 0 aliphatic rings. The maximum Gasteiger partial charge on any atom is 0.251 e. The fourth-order valence-corrected chi connectivity index (χ4v) is 0.956. The first-order valence-electron chi connectivity index (χ1n) is 3.98. The number of benzene rings is 1. The van der Waals surface area contributed by atoms with E-state index < -0.39 is 17.5 Å². The molecule has 2 N–H and O–H groups in total. The summed E-state index contributed by atoms with van der Waals surface area (Å²) in [6, 6.07) is 2.54. The highest BCUT2D eigenvalue weighted by atomic mass is 19.1. The minimum Gasteiger partial charge on any atom is -0.395 e. The van der Waals surface area contributed by atoms with Crippen molar-refractivity contribution >= 4 is 5.91 Å². The molecule has 76 valence electrons. The van der Waals surface area contributed by atoms with E-state index in [1.807, 2.05) is 0 Å². The van der Waals surface area contributed by atoms with Gasteiger partial charge in [0.1, 0.15) is 11.6 Å². The number of aliphatic hydroxyl groups excluding tert-OH is 1. The number of aliphatic hydroxyl groups is 1. The van der Waals surface area contributed by atoms with Gasteiger partial charge in [-0.05, 0) is 12.1 Å². The van der Waals surface area contributed by atoms with Crippen molar-refractivity contribution in [1.29, 1.82) is 0 Å². The summed E-state index contributed by atoms with van der Waals surface area (Å²) in [5, 5.41) is 10.7. The molecule has 0 saturated heterocycles. The molecular weight excluding hydrogens is 192 g/mol. The van der Waals surface area contributed by atoms with Crippen LogP contribution in [0.3, 0.4) is 0 Å². The third kappa shape index (κ3) is 2.77. The molecule has 14 heavy (non-hydrogen) atoms. The van der Waals surface area contributed by atoms with E-state index in [-0.39, 0.29) is 18.7 Å². The van der Waals surface area contributed by atoms with E-state index in [0.717, 1.165) is 12.1 Å². The van der Waals surface area contributed by atoms with Gasteiger partial charge in [-0.3, -0.25) is 4.79 Å². The zero-order valence-electron chi connectivity index (χ0n) is 7.26. The minimum absolute atomic E-state index is 0.0525. The van der Waals surface area contributed by atoms with Gasteiger partial charge in [0.15, 0.2) is 0 Å². The van der Waals surface area contributed by atoms with Crippen LogP contribution in [-0.2, 0) is 0 Å². The van der Waals surface area contributed by atoms with E-state index in [4.69, 9.17) is 5.11 Å². The van der Waals surface area contributed by atoms with Crippen molar-refractivity contribution in [3.05, 3.63) is 35.4 Å².